The van der Waals surface area contributed by atoms with Gasteiger partial charge in [-0.3, -0.25) is 0 Å². The van der Waals surface area contributed by atoms with Crippen LogP contribution in [0.25, 0.3) is 0 Å². The number of carboxylic acids is 1. The Kier molecular flexibility index (Phi) is 5.52. The molecule has 8 heteroatoms. The monoisotopic (exact) mass is 321 g/mol. The Balaban J connectivity index is 3.35. The minimum absolute atomic E-state index is 0.0189. The highest BCUT2D eigenvalue weighted by atomic mass is 35.5. The van der Waals surface area contributed by atoms with E-state index in [0.717, 1.165) is 0 Å². The van der Waals surface area contributed by atoms with Crippen molar-refractivity contribution in [3.8, 4) is 0 Å². The van der Waals surface area contributed by atoms with Gasteiger partial charge in [0, 0.05) is 11.1 Å². The zero-order chi connectivity index (χ0) is 15.5. The van der Waals surface area contributed by atoms with Gasteiger partial charge in [-0.25, -0.2) is 17.9 Å². The lowest BCUT2D eigenvalue weighted by Gasteiger charge is -2.16. The Morgan fingerprint density at radius 1 is 1.45 bits per heavy atom. The number of rotatable bonds is 6. The molecular formula is C12H16ClNO5S. The van der Waals surface area contributed by atoms with Crippen molar-refractivity contribution in [1.82, 2.24) is 4.72 Å². The van der Waals surface area contributed by atoms with Crippen molar-refractivity contribution in [3.05, 3.63) is 28.3 Å². The quantitative estimate of drug-likeness (QED) is 0.734. The fraction of sp³-hybridized carbons (Fsp3) is 0.417. The molecule has 0 aliphatic heterocycles. The topological polar surface area (TPSA) is 104 Å². The number of carbonyl (C=O) groups is 1. The van der Waals surface area contributed by atoms with Crippen molar-refractivity contribution < 1.29 is 23.4 Å². The van der Waals surface area contributed by atoms with Crippen LogP contribution in [0.15, 0.2) is 17.0 Å². The summed E-state index contributed by atoms with van der Waals surface area (Å²) in [7, 11) is -3.95. The second-order valence-corrected chi connectivity index (χ2v) is 6.41. The number of benzene rings is 1. The molecule has 0 saturated carbocycles. The molecule has 0 aromatic heterocycles. The average molecular weight is 322 g/mol. The number of halogens is 1. The van der Waals surface area contributed by atoms with Crippen molar-refractivity contribution >= 4 is 27.6 Å². The number of hydrogen-bond donors (Lipinski definition) is 3. The molecule has 20 heavy (non-hydrogen) atoms. The van der Waals surface area contributed by atoms with Crippen molar-refractivity contribution in [1.29, 1.82) is 0 Å². The summed E-state index contributed by atoms with van der Waals surface area (Å²) >= 11 is 5.77. The van der Waals surface area contributed by atoms with Crippen LogP contribution in [0.1, 0.15) is 29.3 Å². The molecule has 112 valence electrons. The molecule has 0 aliphatic rings. The van der Waals surface area contributed by atoms with Gasteiger partial charge in [0.1, 0.15) is 0 Å². The number of aliphatic hydroxyl groups excluding tert-OH is 1. The lowest BCUT2D eigenvalue weighted by molar-refractivity contribution is 0.0696. The minimum Gasteiger partial charge on any atom is -0.478 e. The van der Waals surface area contributed by atoms with E-state index in [0.29, 0.717) is 6.42 Å². The molecule has 0 spiro atoms. The number of aromatic carboxylic acids is 1. The first-order chi connectivity index (χ1) is 9.22. The van der Waals surface area contributed by atoms with Gasteiger partial charge in [-0.2, -0.15) is 0 Å². The van der Waals surface area contributed by atoms with Crippen LogP contribution in [-0.2, 0) is 10.0 Å². The van der Waals surface area contributed by atoms with E-state index < -0.39 is 22.0 Å². The van der Waals surface area contributed by atoms with Crippen LogP contribution in [0.4, 0.5) is 0 Å². The van der Waals surface area contributed by atoms with E-state index in [2.05, 4.69) is 4.72 Å². The minimum atomic E-state index is -3.95. The number of aliphatic hydroxyl groups is 1. The van der Waals surface area contributed by atoms with Gasteiger partial charge in [-0.1, -0.05) is 18.5 Å². The Hall–Kier alpha value is -1.15. The highest BCUT2D eigenvalue weighted by Gasteiger charge is 2.24. The largest absolute Gasteiger partial charge is 0.478 e. The second-order valence-electron chi connectivity index (χ2n) is 4.29. The summed E-state index contributed by atoms with van der Waals surface area (Å²) in [6.45, 7) is 2.77. The highest BCUT2D eigenvalue weighted by molar-refractivity contribution is 7.89. The van der Waals surface area contributed by atoms with Gasteiger partial charge < -0.3 is 10.2 Å². The summed E-state index contributed by atoms with van der Waals surface area (Å²) in [5.41, 5.74) is -0.0721. The number of sulfonamides is 1. The first kappa shape index (κ1) is 16.9. The SMILES string of the molecule is CC[C@H](CO)NS(=O)(=O)c1cc(Cl)cc(C(=O)O)c1C. The maximum absolute atomic E-state index is 12.2. The predicted octanol–water partition coefficient (Wildman–Crippen LogP) is 1.40. The normalized spacial score (nSPS) is 13.2. The summed E-state index contributed by atoms with van der Waals surface area (Å²) in [6, 6.07) is 1.75. The summed E-state index contributed by atoms with van der Waals surface area (Å²) in [6.07, 6.45) is 0.404. The first-order valence-electron chi connectivity index (χ1n) is 5.89. The highest BCUT2D eigenvalue weighted by Crippen LogP contribution is 2.24. The van der Waals surface area contributed by atoms with E-state index in [9.17, 15) is 13.2 Å². The van der Waals surface area contributed by atoms with Crippen LogP contribution >= 0.6 is 11.6 Å². The molecule has 0 saturated heterocycles. The second kappa shape index (κ2) is 6.53. The molecule has 3 N–H and O–H groups in total. The van der Waals surface area contributed by atoms with Crippen LogP contribution in [0.3, 0.4) is 0 Å². The van der Waals surface area contributed by atoms with Crippen molar-refractivity contribution in [3.63, 3.8) is 0 Å². The Morgan fingerprint density at radius 2 is 2.05 bits per heavy atom. The van der Waals surface area contributed by atoms with Gasteiger partial charge in [-0.05, 0) is 31.0 Å². The molecule has 1 aromatic carbocycles. The zero-order valence-electron chi connectivity index (χ0n) is 11.1. The molecule has 0 heterocycles. The molecule has 1 rings (SSSR count). The fourth-order valence-corrected chi connectivity index (χ4v) is 3.57. The zero-order valence-corrected chi connectivity index (χ0v) is 12.6. The smallest absolute Gasteiger partial charge is 0.336 e. The van der Waals surface area contributed by atoms with E-state index in [1.165, 1.54) is 19.1 Å². The Labute approximate surface area is 122 Å². The summed E-state index contributed by atoms with van der Waals surface area (Å²) < 4.78 is 26.8. The Morgan fingerprint density at radius 3 is 2.50 bits per heavy atom. The summed E-state index contributed by atoms with van der Waals surface area (Å²) in [5.74, 6) is -1.25. The van der Waals surface area contributed by atoms with Crippen molar-refractivity contribution in [2.45, 2.75) is 31.2 Å². The predicted molar refractivity (Wildman–Crippen MR) is 74.6 cm³/mol. The van der Waals surface area contributed by atoms with Gasteiger partial charge in [0.15, 0.2) is 0 Å². The molecule has 6 nitrogen and oxygen atoms in total. The van der Waals surface area contributed by atoms with Crippen LogP contribution in [0.2, 0.25) is 5.02 Å². The third kappa shape index (κ3) is 3.69. The third-order valence-electron chi connectivity index (χ3n) is 2.88. The molecule has 0 aliphatic carbocycles. The molecule has 0 fully saturated rings. The van der Waals surface area contributed by atoms with Gasteiger partial charge in [0.2, 0.25) is 10.0 Å². The van der Waals surface area contributed by atoms with Crippen LogP contribution in [0, 0.1) is 6.92 Å². The van der Waals surface area contributed by atoms with E-state index >= 15 is 0 Å². The number of carboxylic acid groups (broad SMARTS) is 1. The van der Waals surface area contributed by atoms with E-state index in [1.807, 2.05) is 0 Å². The van der Waals surface area contributed by atoms with Crippen molar-refractivity contribution in [2.75, 3.05) is 6.61 Å². The standard InChI is InChI=1S/C12H16ClNO5S/c1-3-9(6-15)14-20(18,19)11-5-8(13)4-10(7(11)2)12(16)17/h4-5,9,14-15H,3,6H2,1-2H3,(H,16,17)/t9-/m1/s1. The number of hydrogen-bond acceptors (Lipinski definition) is 4. The summed E-state index contributed by atoms with van der Waals surface area (Å²) in [5, 5.41) is 18.1. The fourth-order valence-electron chi connectivity index (χ4n) is 1.69. The maximum atomic E-state index is 12.2. The van der Waals surface area contributed by atoms with E-state index in [4.69, 9.17) is 21.8 Å². The molecule has 0 radical (unpaired) electrons. The molecular weight excluding hydrogens is 306 g/mol. The maximum Gasteiger partial charge on any atom is 0.336 e. The molecule has 1 atom stereocenters. The third-order valence-corrected chi connectivity index (χ3v) is 4.74. The average Bonchev–Trinajstić information content (AvgIpc) is 2.37. The number of nitrogens with one attached hydrogen (secondary N) is 1. The van der Waals surface area contributed by atoms with Crippen LogP contribution < -0.4 is 4.72 Å². The van der Waals surface area contributed by atoms with Gasteiger partial charge in [0.25, 0.3) is 0 Å². The van der Waals surface area contributed by atoms with Crippen LogP contribution in [0.5, 0.6) is 0 Å². The molecule has 0 amide bonds. The van der Waals surface area contributed by atoms with Crippen LogP contribution in [-0.4, -0.2) is 37.2 Å². The van der Waals surface area contributed by atoms with E-state index in [1.54, 1.807) is 6.92 Å². The van der Waals surface area contributed by atoms with Crippen molar-refractivity contribution in [2.24, 2.45) is 0 Å². The molecule has 0 bridgehead atoms. The first-order valence-corrected chi connectivity index (χ1v) is 7.75. The van der Waals surface area contributed by atoms with Gasteiger partial charge in [-0.15, -0.1) is 0 Å². The summed E-state index contributed by atoms with van der Waals surface area (Å²) in [4.78, 5) is 10.9. The van der Waals surface area contributed by atoms with Gasteiger partial charge in [0.05, 0.1) is 17.1 Å². The lowest BCUT2D eigenvalue weighted by Crippen LogP contribution is -2.37. The molecule has 1 aromatic rings. The Bertz CT molecular complexity index is 611. The van der Waals surface area contributed by atoms with E-state index in [-0.39, 0.29) is 27.7 Å². The molecule has 0 unspecified atom stereocenters. The van der Waals surface area contributed by atoms with Gasteiger partial charge >= 0.3 is 5.97 Å². The lowest BCUT2D eigenvalue weighted by atomic mass is 10.1.